The Morgan fingerprint density at radius 1 is 1.21 bits per heavy atom. The van der Waals surface area contributed by atoms with Crippen LogP contribution >= 0.6 is 0 Å². The van der Waals surface area contributed by atoms with E-state index < -0.39 is 18.2 Å². The van der Waals surface area contributed by atoms with Crippen LogP contribution in [0, 0.1) is 11.8 Å². The summed E-state index contributed by atoms with van der Waals surface area (Å²) in [5.74, 6) is -1.37. The van der Waals surface area contributed by atoms with Crippen LogP contribution in [0.15, 0.2) is 36.4 Å². The van der Waals surface area contributed by atoms with Gasteiger partial charge in [0.1, 0.15) is 5.78 Å². The Hall–Kier alpha value is -1.98. The standard InChI is InChI=1S/C24H34O5/c1-2-3-4-11-19(25)13-14-20-21(23(27)16-22(20)26)15-18-9-6-5-8-17(18)10-7-12-24(28)29/h5-6,8-9,13-14,19-22,25-26H,2-4,7,10-12,15-16H2,1H3,(H,28,29)/b14-13+/t19-,20-,21+,22+/m0/s1. The Labute approximate surface area is 173 Å². The number of aliphatic carboxylic acids is 1. The highest BCUT2D eigenvalue weighted by atomic mass is 16.4. The summed E-state index contributed by atoms with van der Waals surface area (Å²) in [6.07, 6.45) is 8.13. The van der Waals surface area contributed by atoms with Gasteiger partial charge in [-0.3, -0.25) is 9.59 Å². The van der Waals surface area contributed by atoms with Crippen LogP contribution in [0.2, 0.25) is 0 Å². The number of unbranched alkanes of at least 4 members (excludes halogenated alkanes) is 2. The van der Waals surface area contributed by atoms with Gasteiger partial charge in [0.15, 0.2) is 0 Å². The van der Waals surface area contributed by atoms with Crippen molar-refractivity contribution >= 4 is 11.8 Å². The van der Waals surface area contributed by atoms with E-state index >= 15 is 0 Å². The summed E-state index contributed by atoms with van der Waals surface area (Å²) in [4.78, 5) is 23.3. The molecular weight excluding hydrogens is 368 g/mol. The van der Waals surface area contributed by atoms with E-state index in [0.717, 1.165) is 30.4 Å². The first-order valence-corrected chi connectivity index (χ1v) is 10.8. The van der Waals surface area contributed by atoms with Crippen LogP contribution < -0.4 is 0 Å². The van der Waals surface area contributed by atoms with Crippen molar-refractivity contribution in [3.63, 3.8) is 0 Å². The molecule has 1 aliphatic rings. The Bertz CT molecular complexity index is 696. The number of aryl methyl sites for hydroxylation is 1. The number of carboxylic acids is 1. The molecule has 0 radical (unpaired) electrons. The van der Waals surface area contributed by atoms with Gasteiger partial charge in [0, 0.05) is 24.7 Å². The maximum atomic E-state index is 12.5. The van der Waals surface area contributed by atoms with Crippen molar-refractivity contribution in [3.05, 3.63) is 47.5 Å². The summed E-state index contributed by atoms with van der Waals surface area (Å²) >= 11 is 0. The van der Waals surface area contributed by atoms with Gasteiger partial charge in [-0.15, -0.1) is 0 Å². The predicted octanol–water partition coefficient (Wildman–Crippen LogP) is 3.70. The van der Waals surface area contributed by atoms with Gasteiger partial charge in [-0.1, -0.05) is 62.6 Å². The molecule has 5 heteroatoms. The summed E-state index contributed by atoms with van der Waals surface area (Å²) < 4.78 is 0. The topological polar surface area (TPSA) is 94.8 Å². The number of hydrogen-bond donors (Lipinski definition) is 3. The van der Waals surface area contributed by atoms with Gasteiger partial charge in [-0.2, -0.15) is 0 Å². The zero-order valence-electron chi connectivity index (χ0n) is 17.3. The lowest BCUT2D eigenvalue weighted by atomic mass is 9.85. The number of ketones is 1. The second-order valence-electron chi connectivity index (χ2n) is 8.09. The number of carbonyl (C=O) groups excluding carboxylic acids is 1. The van der Waals surface area contributed by atoms with Crippen LogP contribution in [0.3, 0.4) is 0 Å². The van der Waals surface area contributed by atoms with Crippen LogP contribution in [0.4, 0.5) is 0 Å². The van der Waals surface area contributed by atoms with E-state index in [1.165, 1.54) is 0 Å². The Balaban J connectivity index is 2.05. The average Bonchev–Trinajstić information content (AvgIpc) is 2.94. The third-order valence-corrected chi connectivity index (χ3v) is 5.79. The zero-order chi connectivity index (χ0) is 21.2. The molecule has 5 nitrogen and oxygen atoms in total. The maximum Gasteiger partial charge on any atom is 0.303 e. The molecule has 0 amide bonds. The summed E-state index contributed by atoms with van der Waals surface area (Å²) in [7, 11) is 0. The van der Waals surface area contributed by atoms with Gasteiger partial charge in [-0.25, -0.2) is 0 Å². The molecule has 4 atom stereocenters. The molecule has 0 unspecified atom stereocenters. The average molecular weight is 403 g/mol. The van der Waals surface area contributed by atoms with Crippen molar-refractivity contribution in [2.75, 3.05) is 0 Å². The number of carbonyl (C=O) groups is 2. The number of aliphatic hydroxyl groups is 2. The Morgan fingerprint density at radius 3 is 2.62 bits per heavy atom. The highest BCUT2D eigenvalue weighted by Gasteiger charge is 2.40. The molecule has 1 aliphatic carbocycles. The number of Topliss-reactive ketones (excluding diaryl/α,β-unsaturated/α-hetero) is 1. The van der Waals surface area contributed by atoms with E-state index in [2.05, 4.69) is 6.92 Å². The van der Waals surface area contributed by atoms with Gasteiger partial charge < -0.3 is 15.3 Å². The monoisotopic (exact) mass is 402 g/mol. The van der Waals surface area contributed by atoms with E-state index in [9.17, 15) is 19.8 Å². The van der Waals surface area contributed by atoms with Crippen molar-refractivity contribution in [1.29, 1.82) is 0 Å². The minimum atomic E-state index is -0.806. The Kier molecular flexibility index (Phi) is 9.55. The van der Waals surface area contributed by atoms with Crippen LogP contribution in [-0.4, -0.2) is 39.3 Å². The largest absolute Gasteiger partial charge is 0.481 e. The molecule has 1 saturated carbocycles. The number of rotatable bonds is 12. The number of benzene rings is 1. The minimum absolute atomic E-state index is 0.0490. The van der Waals surface area contributed by atoms with Gasteiger partial charge in [0.05, 0.1) is 12.2 Å². The highest BCUT2D eigenvalue weighted by molar-refractivity contribution is 5.85. The van der Waals surface area contributed by atoms with Crippen molar-refractivity contribution < 1.29 is 24.9 Å². The molecule has 0 aromatic heterocycles. The van der Waals surface area contributed by atoms with Gasteiger partial charge in [0.25, 0.3) is 0 Å². The van der Waals surface area contributed by atoms with Crippen molar-refractivity contribution in [1.82, 2.24) is 0 Å². The third-order valence-electron chi connectivity index (χ3n) is 5.79. The lowest BCUT2D eigenvalue weighted by Crippen LogP contribution is -2.21. The highest BCUT2D eigenvalue weighted by Crippen LogP contribution is 2.34. The first-order valence-electron chi connectivity index (χ1n) is 10.8. The number of aliphatic hydroxyl groups excluding tert-OH is 2. The zero-order valence-corrected chi connectivity index (χ0v) is 17.3. The van der Waals surface area contributed by atoms with Crippen LogP contribution in [0.25, 0.3) is 0 Å². The van der Waals surface area contributed by atoms with E-state index in [-0.39, 0.29) is 30.5 Å². The third kappa shape index (κ3) is 7.41. The van der Waals surface area contributed by atoms with Crippen LogP contribution in [0.5, 0.6) is 0 Å². The Morgan fingerprint density at radius 2 is 1.93 bits per heavy atom. The first-order chi connectivity index (χ1) is 13.9. The van der Waals surface area contributed by atoms with Crippen LogP contribution in [-0.2, 0) is 22.4 Å². The molecule has 0 spiro atoms. The van der Waals surface area contributed by atoms with E-state index in [0.29, 0.717) is 25.7 Å². The number of carboxylic acid groups (broad SMARTS) is 1. The van der Waals surface area contributed by atoms with Gasteiger partial charge >= 0.3 is 5.97 Å². The fourth-order valence-electron chi connectivity index (χ4n) is 4.11. The van der Waals surface area contributed by atoms with Gasteiger partial charge in [-0.05, 0) is 36.8 Å². The molecule has 0 heterocycles. The quantitative estimate of drug-likeness (QED) is 0.366. The van der Waals surface area contributed by atoms with Crippen molar-refractivity contribution in [2.24, 2.45) is 11.8 Å². The lowest BCUT2D eigenvalue weighted by molar-refractivity contribution is -0.137. The SMILES string of the molecule is CCCCC[C@H](O)/C=C/[C@@H]1[C@H](O)CC(=O)[C@@H]1Cc1ccccc1CCCC(=O)O. The fraction of sp³-hybridized carbons (Fsp3) is 0.583. The molecule has 1 aromatic rings. The predicted molar refractivity (Wildman–Crippen MR) is 113 cm³/mol. The molecule has 0 bridgehead atoms. The van der Waals surface area contributed by atoms with Crippen molar-refractivity contribution in [3.8, 4) is 0 Å². The number of hydrogen-bond acceptors (Lipinski definition) is 4. The molecule has 0 aliphatic heterocycles. The second-order valence-corrected chi connectivity index (χ2v) is 8.09. The molecular formula is C24H34O5. The maximum absolute atomic E-state index is 12.5. The summed E-state index contributed by atoms with van der Waals surface area (Å²) in [5.41, 5.74) is 2.09. The lowest BCUT2D eigenvalue weighted by Gasteiger charge is -2.20. The fourth-order valence-corrected chi connectivity index (χ4v) is 4.11. The molecule has 1 fully saturated rings. The van der Waals surface area contributed by atoms with Crippen molar-refractivity contribution in [2.45, 2.75) is 76.9 Å². The molecule has 1 aromatic carbocycles. The molecule has 0 saturated heterocycles. The molecule has 3 N–H and O–H groups in total. The first kappa shape index (κ1) is 23.3. The smallest absolute Gasteiger partial charge is 0.303 e. The minimum Gasteiger partial charge on any atom is -0.481 e. The van der Waals surface area contributed by atoms with E-state index in [4.69, 9.17) is 5.11 Å². The molecule has 160 valence electrons. The van der Waals surface area contributed by atoms with E-state index in [1.807, 2.05) is 30.3 Å². The molecule has 2 rings (SSSR count). The normalized spacial score (nSPS) is 23.0. The summed E-state index contributed by atoms with van der Waals surface area (Å²) in [6.45, 7) is 2.12. The summed E-state index contributed by atoms with van der Waals surface area (Å²) in [6, 6.07) is 7.81. The van der Waals surface area contributed by atoms with Gasteiger partial charge in [0.2, 0.25) is 0 Å². The summed E-state index contributed by atoms with van der Waals surface area (Å²) in [5, 5.41) is 29.4. The molecule has 29 heavy (non-hydrogen) atoms. The van der Waals surface area contributed by atoms with Crippen LogP contribution in [0.1, 0.15) is 63.0 Å². The van der Waals surface area contributed by atoms with E-state index in [1.54, 1.807) is 6.08 Å². The second kappa shape index (κ2) is 11.9.